The van der Waals surface area contributed by atoms with Gasteiger partial charge in [0.15, 0.2) is 0 Å². The number of hydrogen-bond donors (Lipinski definition) is 2. The predicted molar refractivity (Wildman–Crippen MR) is 81.0 cm³/mol. The molecular formula is C17H23NO3. The third-order valence-corrected chi connectivity index (χ3v) is 4.34. The van der Waals surface area contributed by atoms with E-state index < -0.39 is 11.4 Å². The number of aliphatic carboxylic acids is 1. The second kappa shape index (κ2) is 6.74. The molecule has 0 aromatic heterocycles. The third kappa shape index (κ3) is 4.06. The van der Waals surface area contributed by atoms with Crippen LogP contribution in [0.25, 0.3) is 0 Å². The average molecular weight is 289 g/mol. The summed E-state index contributed by atoms with van der Waals surface area (Å²) >= 11 is 0. The Balaban J connectivity index is 1.91. The van der Waals surface area contributed by atoms with Gasteiger partial charge in [-0.05, 0) is 25.3 Å². The Morgan fingerprint density at radius 3 is 2.57 bits per heavy atom. The van der Waals surface area contributed by atoms with Crippen LogP contribution in [0.1, 0.15) is 43.2 Å². The van der Waals surface area contributed by atoms with Gasteiger partial charge < -0.3 is 10.4 Å². The molecule has 1 aliphatic rings. The lowest BCUT2D eigenvalue weighted by Gasteiger charge is -2.33. The van der Waals surface area contributed by atoms with Crippen molar-refractivity contribution in [3.05, 3.63) is 35.4 Å². The van der Waals surface area contributed by atoms with Crippen LogP contribution >= 0.6 is 0 Å². The molecule has 1 aliphatic carbocycles. The Bertz CT molecular complexity index is 519. The lowest BCUT2D eigenvalue weighted by atomic mass is 9.74. The van der Waals surface area contributed by atoms with E-state index in [4.69, 9.17) is 0 Å². The molecule has 1 amide bonds. The molecule has 0 radical (unpaired) electrons. The molecule has 1 saturated carbocycles. The number of nitrogens with one attached hydrogen (secondary N) is 1. The van der Waals surface area contributed by atoms with Crippen molar-refractivity contribution in [2.75, 3.05) is 6.54 Å². The number of aryl methyl sites for hydroxylation is 1. The van der Waals surface area contributed by atoms with E-state index in [1.165, 1.54) is 0 Å². The fourth-order valence-corrected chi connectivity index (χ4v) is 3.03. The van der Waals surface area contributed by atoms with Gasteiger partial charge in [0.2, 0.25) is 5.91 Å². The van der Waals surface area contributed by atoms with Crippen LogP contribution in [0.3, 0.4) is 0 Å². The van der Waals surface area contributed by atoms with Crippen LogP contribution in [0.5, 0.6) is 0 Å². The van der Waals surface area contributed by atoms with Crippen LogP contribution in [0.2, 0.25) is 0 Å². The first-order valence-electron chi connectivity index (χ1n) is 7.57. The lowest BCUT2D eigenvalue weighted by molar-refractivity contribution is -0.151. The summed E-state index contributed by atoms with van der Waals surface area (Å²) in [4.78, 5) is 23.6. The Morgan fingerprint density at radius 2 is 1.95 bits per heavy atom. The number of carboxylic acid groups (broad SMARTS) is 1. The molecule has 114 valence electrons. The minimum Gasteiger partial charge on any atom is -0.481 e. The van der Waals surface area contributed by atoms with Crippen molar-refractivity contribution < 1.29 is 14.7 Å². The first-order chi connectivity index (χ1) is 10.0. The van der Waals surface area contributed by atoms with Gasteiger partial charge in [-0.2, -0.15) is 0 Å². The minimum absolute atomic E-state index is 0.105. The summed E-state index contributed by atoms with van der Waals surface area (Å²) in [5.41, 5.74) is 1.32. The van der Waals surface area contributed by atoms with Gasteiger partial charge in [-0.1, -0.05) is 49.1 Å². The Kier molecular flexibility index (Phi) is 4.99. The van der Waals surface area contributed by atoms with Gasteiger partial charge in [-0.25, -0.2) is 0 Å². The second-order valence-corrected chi connectivity index (χ2v) is 6.09. The largest absolute Gasteiger partial charge is 0.481 e. The highest BCUT2D eigenvalue weighted by Gasteiger charge is 2.39. The van der Waals surface area contributed by atoms with E-state index in [2.05, 4.69) is 5.32 Å². The molecule has 0 saturated heterocycles. The molecular weight excluding hydrogens is 266 g/mol. The molecule has 1 aromatic rings. The van der Waals surface area contributed by atoms with E-state index in [1.54, 1.807) is 0 Å². The van der Waals surface area contributed by atoms with Crippen molar-refractivity contribution in [2.24, 2.45) is 5.41 Å². The molecule has 2 N–H and O–H groups in total. The molecule has 21 heavy (non-hydrogen) atoms. The highest BCUT2D eigenvalue weighted by atomic mass is 16.4. The van der Waals surface area contributed by atoms with Gasteiger partial charge >= 0.3 is 5.97 Å². The molecule has 0 unspecified atom stereocenters. The zero-order valence-electron chi connectivity index (χ0n) is 12.5. The number of benzene rings is 1. The summed E-state index contributed by atoms with van der Waals surface area (Å²) in [6.07, 6.45) is 4.57. The number of hydrogen-bond acceptors (Lipinski definition) is 2. The van der Waals surface area contributed by atoms with E-state index in [1.807, 2.05) is 31.2 Å². The lowest BCUT2D eigenvalue weighted by Crippen LogP contribution is -2.44. The number of amides is 1. The van der Waals surface area contributed by atoms with Crippen molar-refractivity contribution in [1.29, 1.82) is 0 Å². The first kappa shape index (κ1) is 15.5. The van der Waals surface area contributed by atoms with E-state index in [0.717, 1.165) is 30.4 Å². The van der Waals surface area contributed by atoms with Gasteiger partial charge in [0.25, 0.3) is 0 Å². The normalized spacial score (nSPS) is 17.2. The van der Waals surface area contributed by atoms with Crippen LogP contribution in [0.15, 0.2) is 24.3 Å². The van der Waals surface area contributed by atoms with Crippen molar-refractivity contribution >= 4 is 11.9 Å². The molecule has 4 heteroatoms. The van der Waals surface area contributed by atoms with E-state index in [0.29, 0.717) is 19.3 Å². The highest BCUT2D eigenvalue weighted by molar-refractivity contribution is 5.80. The van der Waals surface area contributed by atoms with Crippen molar-refractivity contribution in [1.82, 2.24) is 5.32 Å². The van der Waals surface area contributed by atoms with Gasteiger partial charge in [-0.15, -0.1) is 0 Å². The maximum Gasteiger partial charge on any atom is 0.311 e. The van der Waals surface area contributed by atoms with Gasteiger partial charge in [0, 0.05) is 6.54 Å². The number of carbonyl (C=O) groups is 2. The molecule has 0 heterocycles. The summed E-state index contributed by atoms with van der Waals surface area (Å²) < 4.78 is 0. The molecule has 0 bridgehead atoms. The number of carbonyl (C=O) groups excluding carboxylic acids is 1. The van der Waals surface area contributed by atoms with Crippen LogP contribution in [-0.2, 0) is 16.0 Å². The van der Waals surface area contributed by atoms with Crippen LogP contribution in [-0.4, -0.2) is 23.5 Å². The maximum absolute atomic E-state index is 12.0. The minimum atomic E-state index is -0.780. The number of rotatable bonds is 5. The summed E-state index contributed by atoms with van der Waals surface area (Å²) in [5.74, 6) is -0.884. The summed E-state index contributed by atoms with van der Waals surface area (Å²) in [7, 11) is 0. The highest BCUT2D eigenvalue weighted by Crippen LogP contribution is 2.36. The Hall–Kier alpha value is -1.84. The van der Waals surface area contributed by atoms with Gasteiger partial charge in [0.05, 0.1) is 11.8 Å². The molecule has 4 nitrogen and oxygen atoms in total. The molecule has 2 rings (SSSR count). The molecule has 1 aromatic carbocycles. The van der Waals surface area contributed by atoms with E-state index in [-0.39, 0.29) is 12.5 Å². The standard InChI is InChI=1S/C17H23NO3/c1-13-6-5-7-14(10-13)11-15(19)18-12-17(16(20)21)8-3-2-4-9-17/h5-7,10H,2-4,8-9,11-12H2,1H3,(H,18,19)(H,20,21). The van der Waals surface area contributed by atoms with Gasteiger partial charge in [-0.3, -0.25) is 9.59 Å². The average Bonchev–Trinajstić information content (AvgIpc) is 2.46. The molecule has 1 fully saturated rings. The molecule has 0 atom stereocenters. The topological polar surface area (TPSA) is 66.4 Å². The van der Waals surface area contributed by atoms with E-state index >= 15 is 0 Å². The Morgan fingerprint density at radius 1 is 1.24 bits per heavy atom. The van der Waals surface area contributed by atoms with Crippen molar-refractivity contribution in [3.63, 3.8) is 0 Å². The van der Waals surface area contributed by atoms with Gasteiger partial charge in [0.1, 0.15) is 0 Å². The molecule has 0 spiro atoms. The summed E-state index contributed by atoms with van der Waals surface area (Å²) in [6, 6.07) is 7.81. The smallest absolute Gasteiger partial charge is 0.311 e. The van der Waals surface area contributed by atoms with Crippen LogP contribution in [0.4, 0.5) is 0 Å². The third-order valence-electron chi connectivity index (χ3n) is 4.34. The summed E-state index contributed by atoms with van der Waals surface area (Å²) in [6.45, 7) is 2.23. The SMILES string of the molecule is Cc1cccc(CC(=O)NCC2(C(=O)O)CCCCC2)c1. The van der Waals surface area contributed by atoms with Crippen molar-refractivity contribution in [2.45, 2.75) is 45.4 Å². The number of carboxylic acids is 1. The fourth-order valence-electron chi connectivity index (χ4n) is 3.03. The Labute approximate surface area is 125 Å². The monoisotopic (exact) mass is 289 g/mol. The second-order valence-electron chi connectivity index (χ2n) is 6.09. The zero-order valence-corrected chi connectivity index (χ0v) is 12.5. The predicted octanol–water partition coefficient (Wildman–Crippen LogP) is 2.69. The fraction of sp³-hybridized carbons (Fsp3) is 0.529. The molecule has 0 aliphatic heterocycles. The quantitative estimate of drug-likeness (QED) is 0.876. The van der Waals surface area contributed by atoms with E-state index in [9.17, 15) is 14.7 Å². The first-order valence-corrected chi connectivity index (χ1v) is 7.57. The maximum atomic E-state index is 12.0. The summed E-state index contributed by atoms with van der Waals surface area (Å²) in [5, 5.41) is 12.3. The van der Waals surface area contributed by atoms with Crippen molar-refractivity contribution in [3.8, 4) is 0 Å². The van der Waals surface area contributed by atoms with Crippen LogP contribution < -0.4 is 5.32 Å². The van der Waals surface area contributed by atoms with Crippen LogP contribution in [0, 0.1) is 12.3 Å². The zero-order chi connectivity index (χ0) is 15.3.